The Kier molecular flexibility index (Phi) is 8.81. The van der Waals surface area contributed by atoms with E-state index in [1.54, 1.807) is 0 Å². The van der Waals surface area contributed by atoms with Gasteiger partial charge in [-0.05, 0) is 116 Å². The van der Waals surface area contributed by atoms with Crippen LogP contribution in [0.3, 0.4) is 0 Å². The number of Topliss-reactive ketones (excluding diaryl/α,β-unsaturated/α-hetero) is 3. The number of carbonyl (C=O) groups is 3. The van der Waals surface area contributed by atoms with Crippen LogP contribution in [-0.2, 0) is 0 Å². The van der Waals surface area contributed by atoms with Gasteiger partial charge >= 0.3 is 0 Å². The molecule has 0 amide bonds. The van der Waals surface area contributed by atoms with Crippen LogP contribution in [0.2, 0.25) is 0 Å². The molecule has 3 nitrogen and oxygen atoms in total. The van der Waals surface area contributed by atoms with Crippen LogP contribution in [0.4, 0.5) is 0 Å². The van der Waals surface area contributed by atoms with Crippen LogP contribution in [0.25, 0.3) is 97.0 Å². The third-order valence-corrected chi connectivity index (χ3v) is 13.2. The zero-order valence-corrected chi connectivity index (χ0v) is 33.4. The van der Waals surface area contributed by atoms with E-state index in [1.807, 2.05) is 0 Å². The molecule has 0 heterocycles. The molecule has 0 aromatic heterocycles. The summed E-state index contributed by atoms with van der Waals surface area (Å²) < 4.78 is 0. The largest absolute Gasteiger partial charge is 0.294 e. The molecule has 282 valence electrons. The van der Waals surface area contributed by atoms with Gasteiger partial charge in [-0.25, -0.2) is 0 Å². The molecule has 0 atom stereocenters. The number of fused-ring (bicyclic) bond motifs is 12. The third-order valence-electron chi connectivity index (χ3n) is 13.2. The van der Waals surface area contributed by atoms with Crippen molar-refractivity contribution in [3.05, 3.63) is 108 Å². The van der Waals surface area contributed by atoms with Crippen molar-refractivity contribution in [2.24, 2.45) is 0 Å². The van der Waals surface area contributed by atoms with Crippen molar-refractivity contribution in [2.45, 2.75) is 97.8 Å². The summed E-state index contributed by atoms with van der Waals surface area (Å²) in [6.07, 6.45) is 10.7. The van der Waals surface area contributed by atoms with Crippen LogP contribution in [0.1, 0.15) is 129 Å². The smallest absolute Gasteiger partial charge is 0.163 e. The van der Waals surface area contributed by atoms with Crippen molar-refractivity contribution >= 4 is 114 Å². The van der Waals surface area contributed by atoms with Crippen LogP contribution in [0.5, 0.6) is 0 Å². The first-order valence-corrected chi connectivity index (χ1v) is 21.5. The molecular weight excluding hydrogens is 697 g/mol. The van der Waals surface area contributed by atoms with E-state index < -0.39 is 0 Å². The number of ketones is 3. The van der Waals surface area contributed by atoms with E-state index in [-0.39, 0.29) is 17.3 Å². The molecular formula is C54H48O3. The average Bonchev–Trinajstić information content (AvgIpc) is 3.87. The highest BCUT2D eigenvalue weighted by Crippen LogP contribution is 2.56. The number of hydrogen-bond donors (Lipinski definition) is 0. The van der Waals surface area contributed by atoms with E-state index in [9.17, 15) is 14.4 Å². The summed E-state index contributed by atoms with van der Waals surface area (Å²) in [5, 5.41) is 20.7. The Morgan fingerprint density at radius 1 is 0.298 bits per heavy atom. The second kappa shape index (κ2) is 14.1. The standard InChI is InChI=1S/C54H48O3/c1-4-7-10-22-43(55)31-25-28-40-46-34(31)16-13-19-37(46)49-52(40)50-38-20-14-17-35-33(45(57)24-12-9-6-3)27-30-42(47(35)38)54(50)51-39-21-15-18-36-32(44(56)23-11-8-5-2)26-29-41(48(36)39)53(49)51/h13-21,25-30H,4-12,22-24H2,1-3H3. The first-order valence-electron chi connectivity index (χ1n) is 21.5. The first-order chi connectivity index (χ1) is 28.0. The molecule has 0 saturated carbocycles. The topological polar surface area (TPSA) is 51.2 Å². The Balaban J connectivity index is 1.38. The maximum absolute atomic E-state index is 13.9. The van der Waals surface area contributed by atoms with E-state index in [0.717, 1.165) is 139 Å². The predicted molar refractivity (Wildman–Crippen MR) is 243 cm³/mol. The van der Waals surface area contributed by atoms with Crippen molar-refractivity contribution < 1.29 is 14.4 Å². The minimum Gasteiger partial charge on any atom is -0.294 e. The van der Waals surface area contributed by atoms with Crippen molar-refractivity contribution in [1.29, 1.82) is 0 Å². The summed E-state index contributed by atoms with van der Waals surface area (Å²) in [7, 11) is 0. The maximum Gasteiger partial charge on any atom is 0.163 e. The Morgan fingerprint density at radius 2 is 0.544 bits per heavy atom. The molecule has 0 fully saturated rings. The summed E-state index contributed by atoms with van der Waals surface area (Å²) in [5.41, 5.74) is 2.42. The summed E-state index contributed by atoms with van der Waals surface area (Å²) >= 11 is 0. The average molecular weight is 745 g/mol. The molecule has 57 heavy (non-hydrogen) atoms. The molecule has 0 aliphatic carbocycles. The van der Waals surface area contributed by atoms with Gasteiger partial charge in [0.25, 0.3) is 0 Å². The normalized spacial score (nSPS) is 12.5. The monoisotopic (exact) mass is 744 g/mol. The van der Waals surface area contributed by atoms with Gasteiger partial charge in [0.05, 0.1) is 0 Å². The zero-order valence-electron chi connectivity index (χ0n) is 33.4. The summed E-state index contributed by atoms with van der Waals surface area (Å²) in [4.78, 5) is 41.6. The summed E-state index contributed by atoms with van der Waals surface area (Å²) in [6, 6.07) is 32.4. The summed E-state index contributed by atoms with van der Waals surface area (Å²) in [6.45, 7) is 6.52. The van der Waals surface area contributed by atoms with Gasteiger partial charge in [0.1, 0.15) is 0 Å². The van der Waals surface area contributed by atoms with Crippen LogP contribution in [0.15, 0.2) is 91.0 Å². The third kappa shape index (κ3) is 5.20. The van der Waals surface area contributed by atoms with Gasteiger partial charge in [-0.15, -0.1) is 0 Å². The van der Waals surface area contributed by atoms with Gasteiger partial charge in [-0.3, -0.25) is 14.4 Å². The molecule has 0 spiro atoms. The van der Waals surface area contributed by atoms with E-state index >= 15 is 0 Å². The molecule has 0 unspecified atom stereocenters. The van der Waals surface area contributed by atoms with Crippen LogP contribution in [-0.4, -0.2) is 17.3 Å². The Bertz CT molecular complexity index is 2770. The van der Waals surface area contributed by atoms with Gasteiger partial charge in [-0.2, -0.15) is 0 Å². The molecule has 10 aromatic rings. The second-order valence-electron chi connectivity index (χ2n) is 16.6. The molecule has 0 aliphatic heterocycles. The molecule has 10 rings (SSSR count). The lowest BCUT2D eigenvalue weighted by molar-refractivity contribution is 0.0973. The fraction of sp³-hybridized carbons (Fsp3) is 0.278. The highest BCUT2D eigenvalue weighted by atomic mass is 16.1. The molecule has 0 bridgehead atoms. The predicted octanol–water partition coefficient (Wildman–Crippen LogP) is 15.7. The maximum atomic E-state index is 13.9. The van der Waals surface area contributed by atoms with Crippen molar-refractivity contribution in [1.82, 2.24) is 0 Å². The van der Waals surface area contributed by atoms with Gasteiger partial charge in [-0.1, -0.05) is 150 Å². The fourth-order valence-corrected chi connectivity index (χ4v) is 10.6. The number of hydrogen-bond acceptors (Lipinski definition) is 3. The lowest BCUT2D eigenvalue weighted by Gasteiger charge is -2.07. The van der Waals surface area contributed by atoms with E-state index in [0.29, 0.717) is 19.3 Å². The van der Waals surface area contributed by atoms with Crippen molar-refractivity contribution in [3.63, 3.8) is 0 Å². The van der Waals surface area contributed by atoms with E-state index in [2.05, 4.69) is 112 Å². The number of benzene rings is 7. The molecule has 0 aliphatic rings. The highest BCUT2D eigenvalue weighted by molar-refractivity contribution is 6.56. The molecule has 10 aromatic carbocycles. The molecule has 3 heteroatoms. The van der Waals surface area contributed by atoms with E-state index in [4.69, 9.17) is 0 Å². The second-order valence-corrected chi connectivity index (χ2v) is 16.6. The highest BCUT2D eigenvalue weighted by Gasteiger charge is 2.29. The van der Waals surface area contributed by atoms with Gasteiger partial charge in [0.2, 0.25) is 0 Å². The molecule has 0 radical (unpaired) electrons. The van der Waals surface area contributed by atoms with Crippen molar-refractivity contribution in [2.75, 3.05) is 0 Å². The fourth-order valence-electron chi connectivity index (χ4n) is 10.6. The minimum absolute atomic E-state index is 0.208. The molecule has 0 N–H and O–H groups in total. The van der Waals surface area contributed by atoms with Crippen molar-refractivity contribution in [3.8, 4) is 0 Å². The SMILES string of the molecule is CCCCCC(=O)c1ccc2c3c1cccc3c1c2c2c3cccc4c(C(=O)CCCCC)ccc(c43)c2c2c3cccc4c(C(=O)CCCCC)ccc(c43)c12. The quantitative estimate of drug-likeness (QED) is 0.0776. The Hall–Kier alpha value is -5.67. The van der Waals surface area contributed by atoms with Crippen LogP contribution in [0, 0.1) is 0 Å². The van der Waals surface area contributed by atoms with E-state index in [1.165, 1.54) is 32.3 Å². The van der Waals surface area contributed by atoms with Crippen LogP contribution >= 0.6 is 0 Å². The number of rotatable bonds is 15. The minimum atomic E-state index is 0.208. The zero-order chi connectivity index (χ0) is 38.9. The lowest BCUT2D eigenvalue weighted by Crippen LogP contribution is -2.00. The van der Waals surface area contributed by atoms with Gasteiger partial charge in [0, 0.05) is 36.0 Å². The van der Waals surface area contributed by atoms with Gasteiger partial charge in [0.15, 0.2) is 17.3 Å². The lowest BCUT2D eigenvalue weighted by atomic mass is 9.95. The Morgan fingerprint density at radius 3 is 0.807 bits per heavy atom. The first kappa shape index (κ1) is 35.7. The van der Waals surface area contributed by atoms with Crippen LogP contribution < -0.4 is 0 Å². The summed E-state index contributed by atoms with van der Waals surface area (Å²) in [5.74, 6) is 0.625. The number of unbranched alkanes of at least 4 members (excludes halogenated alkanes) is 6. The molecule has 0 saturated heterocycles. The number of carbonyl (C=O) groups excluding carboxylic acids is 3. The van der Waals surface area contributed by atoms with Gasteiger partial charge < -0.3 is 0 Å². The Labute approximate surface area is 333 Å².